The van der Waals surface area contributed by atoms with Crippen LogP contribution in [0.1, 0.15) is 52.4 Å². The molecule has 0 bridgehead atoms. The number of carbonyl (C=O) groups is 1. The van der Waals surface area contributed by atoms with E-state index >= 15 is 0 Å². The summed E-state index contributed by atoms with van der Waals surface area (Å²) in [6.45, 7) is 5.74. The van der Waals surface area contributed by atoms with Gasteiger partial charge in [0.25, 0.3) is 0 Å². The average Bonchev–Trinajstić information content (AvgIpc) is 2.89. The van der Waals surface area contributed by atoms with Crippen LogP contribution in [0.15, 0.2) is 17.3 Å². The van der Waals surface area contributed by atoms with E-state index in [1.54, 1.807) is 6.08 Å². The largest absolute Gasteiger partial charge is 0.387 e. The van der Waals surface area contributed by atoms with E-state index in [1.165, 1.54) is 32.1 Å². The van der Waals surface area contributed by atoms with Crippen LogP contribution in [0.5, 0.6) is 0 Å². The molecule has 1 saturated heterocycles. The molecule has 5 atom stereocenters. The second-order valence-corrected chi connectivity index (χ2v) is 8.44. The lowest BCUT2D eigenvalue weighted by Crippen LogP contribution is -2.56. The topological polar surface area (TPSA) is 46.2 Å². The van der Waals surface area contributed by atoms with Gasteiger partial charge < -0.3 is 5.32 Å². The lowest BCUT2D eigenvalue weighted by Gasteiger charge is -2.57. The van der Waals surface area contributed by atoms with E-state index in [4.69, 9.17) is 0 Å². The van der Waals surface area contributed by atoms with E-state index < -0.39 is 0 Å². The molecule has 22 heavy (non-hydrogen) atoms. The van der Waals surface area contributed by atoms with Crippen molar-refractivity contribution < 1.29 is 9.59 Å². The van der Waals surface area contributed by atoms with Gasteiger partial charge in [-0.2, -0.15) is 0 Å². The van der Waals surface area contributed by atoms with Crippen molar-refractivity contribution in [2.45, 2.75) is 52.4 Å². The van der Waals surface area contributed by atoms with Gasteiger partial charge in [0, 0.05) is 23.7 Å². The molecule has 1 N–H and O–H groups in total. The van der Waals surface area contributed by atoms with Gasteiger partial charge in [-0.05, 0) is 55.3 Å². The first-order chi connectivity index (χ1) is 10.5. The maximum atomic E-state index is 12.0. The summed E-state index contributed by atoms with van der Waals surface area (Å²) in [5.74, 6) is 3.84. The second kappa shape index (κ2) is 4.58. The molecule has 0 radical (unpaired) electrons. The molecule has 2 saturated carbocycles. The zero-order valence-electron chi connectivity index (χ0n) is 13.6. The van der Waals surface area contributed by atoms with Crippen LogP contribution in [0.4, 0.5) is 0 Å². The fraction of sp³-hybridized carbons (Fsp3) is 0.737. The van der Waals surface area contributed by atoms with Crippen LogP contribution in [-0.4, -0.2) is 18.3 Å². The third-order valence-corrected chi connectivity index (χ3v) is 7.42. The highest BCUT2D eigenvalue weighted by Gasteiger charge is 2.57. The maximum absolute atomic E-state index is 12.0. The molecular formula is C19H25NO2. The molecule has 0 aromatic heterocycles. The highest BCUT2D eigenvalue weighted by atomic mass is 16.1. The van der Waals surface area contributed by atoms with Crippen LogP contribution < -0.4 is 5.32 Å². The first-order valence-electron chi connectivity index (χ1n) is 8.72. The highest BCUT2D eigenvalue weighted by Crippen LogP contribution is 2.62. The molecule has 0 unspecified atom stereocenters. The van der Waals surface area contributed by atoms with E-state index in [9.17, 15) is 9.59 Å². The predicted molar refractivity (Wildman–Crippen MR) is 84.7 cm³/mol. The van der Waals surface area contributed by atoms with Gasteiger partial charge >= 0.3 is 0 Å². The fourth-order valence-corrected chi connectivity index (χ4v) is 6.19. The number of hydrogen-bond donors (Lipinski definition) is 1. The Morgan fingerprint density at radius 3 is 2.82 bits per heavy atom. The number of carbonyl (C=O) groups excluding carboxylic acids is 2. The van der Waals surface area contributed by atoms with Crippen molar-refractivity contribution >= 4 is 11.7 Å². The van der Waals surface area contributed by atoms with E-state index in [-0.39, 0.29) is 11.2 Å². The standard InChI is InChI=1S/C19H25NO2/c1-18-6-3-4-14(18)13-10-20-17-8-16(22)12(11-21)9-19(17,2)15(13)5-7-18/h8,13-15,20H,3-7,9-10H2,1-2H3/t13-,14-,15-,18-,19+/m0/s1. The van der Waals surface area contributed by atoms with E-state index in [2.05, 4.69) is 19.2 Å². The molecular weight excluding hydrogens is 274 g/mol. The van der Waals surface area contributed by atoms with Crippen molar-refractivity contribution in [2.75, 3.05) is 6.54 Å². The molecule has 0 spiro atoms. The van der Waals surface area contributed by atoms with Crippen molar-refractivity contribution in [1.82, 2.24) is 5.32 Å². The lowest BCUT2D eigenvalue weighted by molar-refractivity contribution is -0.113. The number of fused-ring (bicyclic) bond motifs is 5. The summed E-state index contributed by atoms with van der Waals surface area (Å²) < 4.78 is 0. The second-order valence-electron chi connectivity index (χ2n) is 8.44. The highest BCUT2D eigenvalue weighted by molar-refractivity contribution is 6.10. The third-order valence-electron chi connectivity index (χ3n) is 7.42. The monoisotopic (exact) mass is 299 g/mol. The van der Waals surface area contributed by atoms with Crippen molar-refractivity contribution in [3.05, 3.63) is 17.3 Å². The minimum absolute atomic E-state index is 0.0759. The number of ketones is 1. The molecule has 1 heterocycles. The smallest absolute Gasteiger partial charge is 0.194 e. The van der Waals surface area contributed by atoms with Crippen molar-refractivity contribution in [2.24, 2.45) is 28.6 Å². The lowest BCUT2D eigenvalue weighted by atomic mass is 9.50. The molecule has 0 amide bonds. The first kappa shape index (κ1) is 14.3. The Morgan fingerprint density at radius 2 is 2.05 bits per heavy atom. The molecule has 3 aliphatic carbocycles. The van der Waals surface area contributed by atoms with E-state index in [0.717, 1.165) is 18.2 Å². The first-order valence-corrected chi connectivity index (χ1v) is 8.72. The summed E-state index contributed by atoms with van der Waals surface area (Å²) in [7, 11) is 0. The average molecular weight is 299 g/mol. The van der Waals surface area contributed by atoms with Crippen LogP contribution in [0.3, 0.4) is 0 Å². The predicted octanol–water partition coefficient (Wildman–Crippen LogP) is 3.04. The van der Waals surface area contributed by atoms with Gasteiger partial charge in [-0.1, -0.05) is 20.3 Å². The minimum atomic E-state index is -0.144. The normalized spacial score (nSPS) is 46.8. The molecule has 0 aromatic carbocycles. The van der Waals surface area contributed by atoms with Crippen molar-refractivity contribution in [3.8, 4) is 0 Å². The molecule has 3 fully saturated rings. The molecule has 3 nitrogen and oxygen atoms in total. The van der Waals surface area contributed by atoms with Gasteiger partial charge in [0.05, 0.1) is 5.57 Å². The van der Waals surface area contributed by atoms with E-state index in [1.807, 2.05) is 5.94 Å². The number of rotatable bonds is 0. The number of allylic oxidation sites excluding steroid dienone is 3. The van der Waals surface area contributed by atoms with Crippen LogP contribution >= 0.6 is 0 Å². The Morgan fingerprint density at radius 1 is 1.23 bits per heavy atom. The van der Waals surface area contributed by atoms with Gasteiger partial charge in [-0.3, -0.25) is 4.79 Å². The van der Waals surface area contributed by atoms with Gasteiger partial charge in [0.15, 0.2) is 5.78 Å². The maximum Gasteiger partial charge on any atom is 0.194 e. The molecule has 1 aliphatic heterocycles. The summed E-state index contributed by atoms with van der Waals surface area (Å²) in [4.78, 5) is 23.1. The van der Waals surface area contributed by atoms with Crippen LogP contribution in [0.25, 0.3) is 0 Å². The van der Waals surface area contributed by atoms with Gasteiger partial charge in [-0.15, -0.1) is 0 Å². The van der Waals surface area contributed by atoms with Crippen LogP contribution in [0.2, 0.25) is 0 Å². The molecule has 4 rings (SSSR count). The van der Waals surface area contributed by atoms with Crippen molar-refractivity contribution in [1.29, 1.82) is 0 Å². The van der Waals surface area contributed by atoms with Crippen molar-refractivity contribution in [3.63, 3.8) is 0 Å². The Bertz CT molecular complexity index is 615. The van der Waals surface area contributed by atoms with E-state index in [0.29, 0.717) is 29.2 Å². The number of piperidine rings is 1. The van der Waals surface area contributed by atoms with Crippen LogP contribution in [0, 0.1) is 28.6 Å². The summed E-state index contributed by atoms with van der Waals surface area (Å²) in [6.07, 6.45) is 8.86. The van der Waals surface area contributed by atoms with Gasteiger partial charge in [0.1, 0.15) is 5.94 Å². The zero-order valence-corrected chi connectivity index (χ0v) is 13.6. The number of hydrogen-bond acceptors (Lipinski definition) is 3. The van der Waals surface area contributed by atoms with Gasteiger partial charge in [0.2, 0.25) is 0 Å². The fourth-order valence-electron chi connectivity index (χ4n) is 6.19. The summed E-state index contributed by atoms with van der Waals surface area (Å²) in [5.41, 5.74) is 1.86. The number of nitrogens with one attached hydrogen (secondary N) is 1. The minimum Gasteiger partial charge on any atom is -0.387 e. The Labute approximate surface area is 132 Å². The third kappa shape index (κ3) is 1.75. The zero-order chi connectivity index (χ0) is 15.5. The Hall–Kier alpha value is -1.34. The summed E-state index contributed by atoms with van der Waals surface area (Å²) >= 11 is 0. The molecule has 118 valence electrons. The quantitative estimate of drug-likeness (QED) is 0.552. The van der Waals surface area contributed by atoms with Crippen LogP contribution in [-0.2, 0) is 9.59 Å². The summed E-state index contributed by atoms with van der Waals surface area (Å²) in [6, 6.07) is 0. The SMILES string of the molecule is C[C@@]12CCC[C@H]1[C@@H]1CNC3=CC(=O)C(=C=O)C[C@]3(C)[C@H]1CC2. The molecule has 0 aromatic rings. The Kier molecular flexibility index (Phi) is 2.97. The summed E-state index contributed by atoms with van der Waals surface area (Å²) in [5, 5.41) is 3.56. The molecule has 4 aliphatic rings. The van der Waals surface area contributed by atoms with Gasteiger partial charge in [-0.25, -0.2) is 4.79 Å². The Balaban J connectivity index is 1.73. The molecule has 3 heteroatoms.